The van der Waals surface area contributed by atoms with E-state index in [1.165, 1.54) is 148 Å². The van der Waals surface area contributed by atoms with Gasteiger partial charge in [0.25, 0.3) is 0 Å². The highest BCUT2D eigenvalue weighted by Gasteiger charge is 2.30. The summed E-state index contributed by atoms with van der Waals surface area (Å²) in [5.74, 6) is -1.45. The molecule has 5 atom stereocenters. The number of allylic oxidation sites excluding steroid dienone is 4. The summed E-state index contributed by atoms with van der Waals surface area (Å²) in [5, 5.41) is 10.6. The minimum absolute atomic E-state index is 0.0855. The van der Waals surface area contributed by atoms with Gasteiger partial charge in [0.05, 0.1) is 26.4 Å². The molecular weight excluding hydrogens is 1190 g/mol. The molecule has 3 N–H and O–H groups in total. The molecule has 0 aromatic heterocycles. The highest BCUT2D eigenvalue weighted by atomic mass is 31.2. The topological polar surface area (TPSA) is 237 Å². The fourth-order valence-corrected chi connectivity index (χ4v) is 11.9. The summed E-state index contributed by atoms with van der Waals surface area (Å²) in [6.45, 7) is 7.13. The van der Waals surface area contributed by atoms with Gasteiger partial charge in [0.2, 0.25) is 0 Å². The zero-order valence-corrected chi connectivity index (χ0v) is 59.5. The largest absolute Gasteiger partial charge is 0.472 e. The summed E-state index contributed by atoms with van der Waals surface area (Å²) in [4.78, 5) is 72.5. The van der Waals surface area contributed by atoms with Gasteiger partial charge < -0.3 is 33.8 Å². The second-order valence-electron chi connectivity index (χ2n) is 25.4. The summed E-state index contributed by atoms with van der Waals surface area (Å²) in [6, 6.07) is 0. The second-order valence-corrected chi connectivity index (χ2v) is 28.3. The number of phosphoric acid groups is 2. The molecule has 0 aliphatic heterocycles. The van der Waals surface area contributed by atoms with Crippen molar-refractivity contribution in [2.45, 2.75) is 361 Å². The third-order valence-electron chi connectivity index (χ3n) is 15.9. The van der Waals surface area contributed by atoms with Crippen molar-refractivity contribution >= 4 is 39.5 Å². The first kappa shape index (κ1) is 87.5. The number of ether oxygens (including phenoxy) is 4. The van der Waals surface area contributed by atoms with Gasteiger partial charge in [0.15, 0.2) is 12.2 Å². The van der Waals surface area contributed by atoms with Crippen LogP contribution in [-0.2, 0) is 65.4 Å². The average Bonchev–Trinajstić information content (AvgIpc) is 3.72. The van der Waals surface area contributed by atoms with Crippen LogP contribution in [-0.4, -0.2) is 96.7 Å². The molecule has 0 bridgehead atoms. The second kappa shape index (κ2) is 63.9. The monoisotopic (exact) mass is 1320 g/mol. The maximum absolute atomic E-state index is 13.0. The van der Waals surface area contributed by atoms with Crippen molar-refractivity contribution in [2.24, 2.45) is 5.92 Å². The van der Waals surface area contributed by atoms with Crippen molar-refractivity contribution < 1.29 is 80.2 Å². The Morgan fingerprint density at radius 3 is 0.911 bits per heavy atom. The molecule has 0 heterocycles. The number of aliphatic hydroxyl groups excluding tert-OH is 1. The molecule has 2 unspecified atom stereocenters. The fraction of sp³-hybridized carbons (Fsp3) is 0.887. The van der Waals surface area contributed by atoms with Crippen molar-refractivity contribution in [3.63, 3.8) is 0 Å². The number of hydrogen-bond donors (Lipinski definition) is 3. The third-order valence-corrected chi connectivity index (χ3v) is 17.8. The Bertz CT molecular complexity index is 1830. The van der Waals surface area contributed by atoms with Crippen LogP contribution in [0.3, 0.4) is 0 Å². The predicted octanol–water partition coefficient (Wildman–Crippen LogP) is 20.1. The van der Waals surface area contributed by atoms with Crippen molar-refractivity contribution in [3.05, 3.63) is 24.3 Å². The molecule has 0 spiro atoms. The van der Waals surface area contributed by atoms with Crippen LogP contribution in [0.1, 0.15) is 343 Å². The number of unbranched alkanes of at least 4 members (excludes halogenated alkanes) is 38. The van der Waals surface area contributed by atoms with E-state index in [4.69, 9.17) is 37.0 Å². The van der Waals surface area contributed by atoms with Crippen molar-refractivity contribution in [1.29, 1.82) is 0 Å². The highest BCUT2D eigenvalue weighted by molar-refractivity contribution is 7.47. The summed E-state index contributed by atoms with van der Waals surface area (Å²) >= 11 is 0. The first-order chi connectivity index (χ1) is 43.5. The number of phosphoric ester groups is 2. The molecule has 0 saturated carbocycles. The predicted molar refractivity (Wildman–Crippen MR) is 363 cm³/mol. The standard InChI is InChI=1S/C71H134O17P2/c1-6-9-12-15-18-21-24-26-28-30-33-36-41-47-52-57-71(76)87-66(60-81-68(73)54-49-44-39-34-32-29-27-25-22-19-16-13-10-7-2)62-85-89(77,78)83-58-65(72)59-84-90(79,80)86-63-67(61-82-69(74)55-50-45-42-37-38-43-48-53-64(4)5)88-70(75)56-51-46-40-35-31-23-20-17-14-11-8-3/h21,24,26,28,64-67,72H,6-20,22-23,25,27,29-63H2,1-5H3,(H,77,78)(H,79,80)/b24-21-,28-26-/t65-,66-,67-/m1/s1. The molecule has 0 aromatic carbocycles. The van der Waals surface area contributed by atoms with Gasteiger partial charge >= 0.3 is 39.5 Å². The van der Waals surface area contributed by atoms with Crippen molar-refractivity contribution in [3.8, 4) is 0 Å². The lowest BCUT2D eigenvalue weighted by Crippen LogP contribution is -2.30. The van der Waals surface area contributed by atoms with Crippen LogP contribution in [0.2, 0.25) is 0 Å². The van der Waals surface area contributed by atoms with Gasteiger partial charge in [-0.3, -0.25) is 37.3 Å². The molecule has 0 aliphatic carbocycles. The Hall–Kier alpha value is -2.46. The molecule has 0 fully saturated rings. The van der Waals surface area contributed by atoms with Crippen LogP contribution in [0.25, 0.3) is 0 Å². The zero-order valence-electron chi connectivity index (χ0n) is 57.8. The lowest BCUT2D eigenvalue weighted by molar-refractivity contribution is -0.161. The van der Waals surface area contributed by atoms with Gasteiger partial charge in [0, 0.05) is 25.7 Å². The zero-order chi connectivity index (χ0) is 66.3. The Balaban J connectivity index is 5.28. The van der Waals surface area contributed by atoms with Gasteiger partial charge in [-0.2, -0.15) is 0 Å². The van der Waals surface area contributed by atoms with E-state index < -0.39 is 97.5 Å². The number of carbonyl (C=O) groups is 4. The normalized spacial score (nSPS) is 14.2. The molecule has 17 nitrogen and oxygen atoms in total. The maximum atomic E-state index is 13.0. The van der Waals surface area contributed by atoms with E-state index >= 15 is 0 Å². The minimum Gasteiger partial charge on any atom is -0.462 e. The Morgan fingerprint density at radius 1 is 0.344 bits per heavy atom. The molecule has 90 heavy (non-hydrogen) atoms. The van der Waals surface area contributed by atoms with Crippen molar-refractivity contribution in [1.82, 2.24) is 0 Å². The first-order valence-electron chi connectivity index (χ1n) is 36.5. The van der Waals surface area contributed by atoms with Crippen molar-refractivity contribution in [2.75, 3.05) is 39.6 Å². The number of esters is 4. The molecule has 0 aromatic rings. The van der Waals surface area contributed by atoms with Crippen LogP contribution in [0.15, 0.2) is 24.3 Å². The van der Waals surface area contributed by atoms with E-state index in [0.717, 1.165) is 109 Å². The minimum atomic E-state index is -4.96. The van der Waals surface area contributed by atoms with Crippen LogP contribution >= 0.6 is 15.6 Å². The molecule has 0 rings (SSSR count). The third kappa shape index (κ3) is 64.3. The average molecular weight is 1320 g/mol. The van der Waals surface area contributed by atoms with E-state index in [-0.39, 0.29) is 25.7 Å². The number of hydrogen-bond acceptors (Lipinski definition) is 15. The quantitative estimate of drug-likeness (QED) is 0.0169. The van der Waals surface area contributed by atoms with E-state index in [2.05, 4.69) is 58.9 Å². The van der Waals surface area contributed by atoms with Crippen LogP contribution in [0.5, 0.6) is 0 Å². The molecule has 0 saturated heterocycles. The van der Waals surface area contributed by atoms with E-state index in [1.54, 1.807) is 0 Å². The van der Waals surface area contributed by atoms with Gasteiger partial charge in [-0.1, -0.05) is 290 Å². The number of aliphatic hydroxyl groups is 1. The molecule has 0 aliphatic rings. The Kier molecular flexibility index (Phi) is 62.2. The molecule has 0 amide bonds. The van der Waals surface area contributed by atoms with Crippen LogP contribution in [0, 0.1) is 5.92 Å². The Labute approximate surface area is 548 Å². The Morgan fingerprint density at radius 2 is 0.600 bits per heavy atom. The maximum Gasteiger partial charge on any atom is 0.472 e. The number of carbonyl (C=O) groups excluding carboxylic acids is 4. The lowest BCUT2D eigenvalue weighted by atomic mass is 10.0. The van der Waals surface area contributed by atoms with Crippen LogP contribution < -0.4 is 0 Å². The van der Waals surface area contributed by atoms with Crippen LogP contribution in [0.4, 0.5) is 0 Å². The molecular formula is C71H134O17P2. The molecule has 19 heteroatoms. The summed E-state index contributed by atoms with van der Waals surface area (Å²) in [6.07, 6.45) is 53.5. The fourth-order valence-electron chi connectivity index (χ4n) is 10.3. The van der Waals surface area contributed by atoms with Gasteiger partial charge in [-0.05, 0) is 57.3 Å². The molecule has 530 valence electrons. The summed E-state index contributed by atoms with van der Waals surface area (Å²) < 4.78 is 68.2. The van der Waals surface area contributed by atoms with Gasteiger partial charge in [-0.15, -0.1) is 0 Å². The van der Waals surface area contributed by atoms with Gasteiger partial charge in [0.1, 0.15) is 19.3 Å². The lowest BCUT2D eigenvalue weighted by Gasteiger charge is -2.21. The van der Waals surface area contributed by atoms with E-state index in [0.29, 0.717) is 31.6 Å². The first-order valence-corrected chi connectivity index (χ1v) is 39.4. The highest BCUT2D eigenvalue weighted by Crippen LogP contribution is 2.45. The summed E-state index contributed by atoms with van der Waals surface area (Å²) in [5.41, 5.74) is 0. The smallest absolute Gasteiger partial charge is 0.462 e. The summed E-state index contributed by atoms with van der Waals surface area (Å²) in [7, 11) is -9.91. The van der Waals surface area contributed by atoms with E-state index in [9.17, 15) is 43.2 Å². The SMILES string of the molecule is CCCCCC/C=C\C=C/CCCCCCCC(=O)O[C@H](COC(=O)CCCCCCCCCCCCCCCC)COP(=O)(O)OC[C@@H](O)COP(=O)(O)OC[C@@H](COC(=O)CCCCCCCCCC(C)C)OC(=O)CCCCCCCCCCCCC. The molecule has 0 radical (unpaired) electrons. The van der Waals surface area contributed by atoms with E-state index in [1.807, 2.05) is 0 Å². The van der Waals surface area contributed by atoms with Gasteiger partial charge in [-0.25, -0.2) is 9.13 Å². The number of rotatable bonds is 69.